The molecular weight excluding hydrogens is 280 g/mol. The molecule has 1 aromatic heterocycles. The first-order valence-corrected chi connectivity index (χ1v) is 8.08. The number of hydrogen-bond acceptors (Lipinski definition) is 5. The van der Waals surface area contributed by atoms with Crippen molar-refractivity contribution in [1.29, 1.82) is 0 Å². The van der Waals surface area contributed by atoms with E-state index in [9.17, 15) is 9.90 Å². The summed E-state index contributed by atoms with van der Waals surface area (Å²) in [6, 6.07) is 0. The van der Waals surface area contributed by atoms with Gasteiger partial charge in [0, 0.05) is 37.9 Å². The van der Waals surface area contributed by atoms with E-state index in [0.29, 0.717) is 6.54 Å². The molecule has 0 radical (unpaired) electrons. The molecular formula is C16H26N4O2. The van der Waals surface area contributed by atoms with Gasteiger partial charge in [-0.15, -0.1) is 0 Å². The summed E-state index contributed by atoms with van der Waals surface area (Å²) in [5.41, 5.74) is 0. The SMILES string of the molecule is CCC(C)C(O)CNC(=O)C1CCN(c2cnccn2)CC1. The van der Waals surface area contributed by atoms with Crippen molar-refractivity contribution < 1.29 is 9.90 Å². The third kappa shape index (κ3) is 4.40. The molecule has 22 heavy (non-hydrogen) atoms. The highest BCUT2D eigenvalue weighted by molar-refractivity contribution is 5.79. The van der Waals surface area contributed by atoms with E-state index in [0.717, 1.165) is 38.2 Å². The Kier molecular flexibility index (Phi) is 6.12. The quantitative estimate of drug-likeness (QED) is 0.826. The molecule has 1 saturated heterocycles. The Balaban J connectivity index is 1.75. The molecule has 2 N–H and O–H groups in total. The molecule has 1 aromatic rings. The van der Waals surface area contributed by atoms with Gasteiger partial charge in [-0.3, -0.25) is 9.78 Å². The number of aliphatic hydroxyl groups is 1. The van der Waals surface area contributed by atoms with Gasteiger partial charge in [0.15, 0.2) is 0 Å². The maximum atomic E-state index is 12.2. The molecule has 1 aliphatic heterocycles. The van der Waals surface area contributed by atoms with Crippen molar-refractivity contribution in [1.82, 2.24) is 15.3 Å². The van der Waals surface area contributed by atoms with E-state index in [-0.39, 0.29) is 17.7 Å². The molecule has 2 rings (SSSR count). The molecule has 1 fully saturated rings. The number of rotatable bonds is 6. The Bertz CT molecular complexity index is 460. The van der Waals surface area contributed by atoms with E-state index < -0.39 is 6.10 Å². The van der Waals surface area contributed by atoms with Crippen LogP contribution in [0, 0.1) is 11.8 Å². The fraction of sp³-hybridized carbons (Fsp3) is 0.688. The van der Waals surface area contributed by atoms with Gasteiger partial charge >= 0.3 is 0 Å². The van der Waals surface area contributed by atoms with Crippen molar-refractivity contribution in [2.24, 2.45) is 11.8 Å². The van der Waals surface area contributed by atoms with Gasteiger partial charge < -0.3 is 15.3 Å². The van der Waals surface area contributed by atoms with Crippen LogP contribution in [0.1, 0.15) is 33.1 Å². The average molecular weight is 306 g/mol. The van der Waals surface area contributed by atoms with Gasteiger partial charge in [-0.25, -0.2) is 4.98 Å². The van der Waals surface area contributed by atoms with Crippen LogP contribution in [0.5, 0.6) is 0 Å². The van der Waals surface area contributed by atoms with Crippen LogP contribution >= 0.6 is 0 Å². The monoisotopic (exact) mass is 306 g/mol. The average Bonchev–Trinajstić information content (AvgIpc) is 2.59. The second-order valence-corrected chi connectivity index (χ2v) is 6.02. The van der Waals surface area contributed by atoms with E-state index in [4.69, 9.17) is 0 Å². The van der Waals surface area contributed by atoms with Gasteiger partial charge in [0.25, 0.3) is 0 Å². The Morgan fingerprint density at radius 3 is 2.77 bits per heavy atom. The van der Waals surface area contributed by atoms with Crippen molar-refractivity contribution in [3.8, 4) is 0 Å². The van der Waals surface area contributed by atoms with Crippen LogP contribution in [0.25, 0.3) is 0 Å². The number of piperidine rings is 1. The first kappa shape index (κ1) is 16.7. The predicted molar refractivity (Wildman–Crippen MR) is 85.4 cm³/mol. The molecule has 2 atom stereocenters. The zero-order valence-electron chi connectivity index (χ0n) is 13.4. The summed E-state index contributed by atoms with van der Waals surface area (Å²) in [4.78, 5) is 22.7. The Labute approximate surface area is 132 Å². The fourth-order valence-corrected chi connectivity index (χ4v) is 2.65. The predicted octanol–water partition coefficient (Wildman–Crippen LogP) is 1.22. The summed E-state index contributed by atoms with van der Waals surface area (Å²) in [5.74, 6) is 1.16. The van der Waals surface area contributed by atoms with Gasteiger partial charge in [0.1, 0.15) is 5.82 Å². The van der Waals surface area contributed by atoms with E-state index in [1.165, 1.54) is 0 Å². The Morgan fingerprint density at radius 1 is 1.45 bits per heavy atom. The minimum Gasteiger partial charge on any atom is -0.391 e. The van der Waals surface area contributed by atoms with Crippen molar-refractivity contribution in [3.63, 3.8) is 0 Å². The zero-order chi connectivity index (χ0) is 15.9. The third-order valence-electron chi connectivity index (χ3n) is 4.53. The molecule has 2 heterocycles. The number of nitrogens with zero attached hydrogens (tertiary/aromatic N) is 3. The Morgan fingerprint density at radius 2 is 2.18 bits per heavy atom. The normalized spacial score (nSPS) is 18.8. The van der Waals surface area contributed by atoms with Crippen LogP contribution in [0.4, 0.5) is 5.82 Å². The van der Waals surface area contributed by atoms with E-state index >= 15 is 0 Å². The lowest BCUT2D eigenvalue weighted by molar-refractivity contribution is -0.126. The topological polar surface area (TPSA) is 78.4 Å². The molecule has 2 unspecified atom stereocenters. The number of anilines is 1. The lowest BCUT2D eigenvalue weighted by Crippen LogP contribution is -2.43. The van der Waals surface area contributed by atoms with E-state index in [2.05, 4.69) is 20.2 Å². The number of carbonyl (C=O) groups is 1. The molecule has 6 heteroatoms. The van der Waals surface area contributed by atoms with Crippen molar-refractivity contribution >= 4 is 11.7 Å². The van der Waals surface area contributed by atoms with Crippen molar-refractivity contribution in [2.75, 3.05) is 24.5 Å². The molecule has 122 valence electrons. The second-order valence-electron chi connectivity index (χ2n) is 6.02. The summed E-state index contributed by atoms with van der Waals surface area (Å²) in [6.45, 7) is 6.00. The van der Waals surface area contributed by atoms with Gasteiger partial charge in [0.2, 0.25) is 5.91 Å². The van der Waals surface area contributed by atoms with Gasteiger partial charge in [-0.1, -0.05) is 20.3 Å². The van der Waals surface area contributed by atoms with Gasteiger partial charge in [-0.05, 0) is 18.8 Å². The summed E-state index contributed by atoms with van der Waals surface area (Å²) in [6.07, 6.45) is 7.16. The fourth-order valence-electron chi connectivity index (χ4n) is 2.65. The summed E-state index contributed by atoms with van der Waals surface area (Å²) < 4.78 is 0. The maximum absolute atomic E-state index is 12.2. The van der Waals surface area contributed by atoms with Crippen LogP contribution in [0.2, 0.25) is 0 Å². The number of aliphatic hydroxyl groups excluding tert-OH is 1. The second kappa shape index (κ2) is 8.08. The summed E-state index contributed by atoms with van der Waals surface area (Å²) >= 11 is 0. The molecule has 0 spiro atoms. The lowest BCUT2D eigenvalue weighted by atomic mass is 9.95. The standard InChI is InChI=1S/C16H26N4O2/c1-3-12(2)14(21)10-19-16(22)13-4-8-20(9-5-13)15-11-17-6-7-18-15/h6-7,11-14,21H,3-5,8-10H2,1-2H3,(H,19,22). The minimum absolute atomic E-state index is 0.0251. The van der Waals surface area contributed by atoms with E-state index in [1.807, 2.05) is 13.8 Å². The van der Waals surface area contributed by atoms with Crippen LogP contribution in [0.15, 0.2) is 18.6 Å². The molecule has 1 amide bonds. The van der Waals surface area contributed by atoms with Crippen LogP contribution < -0.4 is 10.2 Å². The number of nitrogens with one attached hydrogen (secondary N) is 1. The number of carbonyl (C=O) groups excluding carboxylic acids is 1. The molecule has 6 nitrogen and oxygen atoms in total. The summed E-state index contributed by atoms with van der Waals surface area (Å²) in [5, 5.41) is 12.8. The third-order valence-corrected chi connectivity index (χ3v) is 4.53. The molecule has 0 aromatic carbocycles. The number of aromatic nitrogens is 2. The first-order chi connectivity index (χ1) is 10.6. The van der Waals surface area contributed by atoms with Gasteiger partial charge in [0.05, 0.1) is 12.3 Å². The molecule has 1 aliphatic rings. The van der Waals surface area contributed by atoms with Crippen LogP contribution in [-0.4, -0.2) is 46.7 Å². The van der Waals surface area contributed by atoms with Crippen LogP contribution in [-0.2, 0) is 4.79 Å². The van der Waals surface area contributed by atoms with E-state index in [1.54, 1.807) is 18.6 Å². The van der Waals surface area contributed by atoms with Crippen molar-refractivity contribution in [2.45, 2.75) is 39.2 Å². The lowest BCUT2D eigenvalue weighted by Gasteiger charge is -2.32. The Hall–Kier alpha value is -1.69. The highest BCUT2D eigenvalue weighted by Crippen LogP contribution is 2.21. The zero-order valence-corrected chi connectivity index (χ0v) is 13.4. The number of amides is 1. The number of hydrogen-bond donors (Lipinski definition) is 2. The van der Waals surface area contributed by atoms with Crippen LogP contribution in [0.3, 0.4) is 0 Å². The minimum atomic E-state index is -0.464. The molecule has 0 bridgehead atoms. The van der Waals surface area contributed by atoms with Crippen molar-refractivity contribution in [3.05, 3.63) is 18.6 Å². The summed E-state index contributed by atoms with van der Waals surface area (Å²) in [7, 11) is 0. The largest absolute Gasteiger partial charge is 0.391 e. The molecule has 0 aliphatic carbocycles. The highest BCUT2D eigenvalue weighted by Gasteiger charge is 2.26. The first-order valence-electron chi connectivity index (χ1n) is 8.08. The smallest absolute Gasteiger partial charge is 0.223 e. The highest BCUT2D eigenvalue weighted by atomic mass is 16.3. The van der Waals surface area contributed by atoms with Gasteiger partial charge in [-0.2, -0.15) is 0 Å². The molecule has 0 saturated carbocycles. The maximum Gasteiger partial charge on any atom is 0.223 e.